The van der Waals surface area contributed by atoms with Crippen LogP contribution in [0.5, 0.6) is 0 Å². The van der Waals surface area contributed by atoms with E-state index >= 15 is 0 Å². The Morgan fingerprint density at radius 1 is 1.04 bits per heavy atom. The van der Waals surface area contributed by atoms with Crippen molar-refractivity contribution in [2.75, 3.05) is 37.6 Å². The van der Waals surface area contributed by atoms with Gasteiger partial charge in [-0.1, -0.05) is 26.0 Å². The molecule has 0 atom stereocenters. The molecule has 0 radical (unpaired) electrons. The average molecular weight is 386 g/mol. The lowest BCUT2D eigenvalue weighted by Gasteiger charge is -2.38. The summed E-state index contributed by atoms with van der Waals surface area (Å²) >= 11 is 0. The molecule has 2 aliphatic rings. The van der Waals surface area contributed by atoms with Crippen LogP contribution in [0.2, 0.25) is 0 Å². The molecule has 2 amide bonds. The fraction of sp³-hybridized carbons (Fsp3) is 0.652. The summed E-state index contributed by atoms with van der Waals surface area (Å²) < 4.78 is 0. The van der Waals surface area contributed by atoms with Crippen LogP contribution in [0.1, 0.15) is 45.1 Å². The molecule has 5 heteroatoms. The molecular weight excluding hydrogens is 350 g/mol. The molecule has 1 aliphatic heterocycles. The minimum absolute atomic E-state index is 0.0842. The number of hydrogen-bond acceptors (Lipinski definition) is 3. The van der Waals surface area contributed by atoms with E-state index in [9.17, 15) is 9.59 Å². The lowest BCUT2D eigenvalue weighted by atomic mass is 9.80. The molecule has 5 nitrogen and oxygen atoms in total. The van der Waals surface area contributed by atoms with Crippen LogP contribution in [-0.4, -0.2) is 49.4 Å². The maximum atomic E-state index is 12.9. The molecule has 154 valence electrons. The van der Waals surface area contributed by atoms with Gasteiger partial charge in [0.15, 0.2) is 0 Å². The lowest BCUT2D eigenvalue weighted by Crippen LogP contribution is -2.51. The molecule has 0 spiro atoms. The lowest BCUT2D eigenvalue weighted by molar-refractivity contribution is -0.138. The van der Waals surface area contributed by atoms with Crippen LogP contribution < -0.4 is 10.2 Å². The molecule has 1 aromatic carbocycles. The fourth-order valence-corrected chi connectivity index (χ4v) is 4.32. The molecule has 28 heavy (non-hydrogen) atoms. The first kappa shape index (κ1) is 20.7. The van der Waals surface area contributed by atoms with Crippen molar-refractivity contribution < 1.29 is 9.59 Å². The third kappa shape index (κ3) is 5.27. The third-order valence-electron chi connectivity index (χ3n) is 6.09. The van der Waals surface area contributed by atoms with Crippen molar-refractivity contribution in [3.05, 3.63) is 29.8 Å². The van der Waals surface area contributed by atoms with Crippen LogP contribution in [0.3, 0.4) is 0 Å². The third-order valence-corrected chi connectivity index (χ3v) is 6.09. The van der Waals surface area contributed by atoms with Gasteiger partial charge in [-0.2, -0.15) is 0 Å². The van der Waals surface area contributed by atoms with E-state index < -0.39 is 0 Å². The van der Waals surface area contributed by atoms with Crippen molar-refractivity contribution in [1.82, 2.24) is 10.2 Å². The Morgan fingerprint density at radius 3 is 2.29 bits per heavy atom. The quantitative estimate of drug-likeness (QED) is 0.847. The zero-order valence-electron chi connectivity index (χ0n) is 17.6. The largest absolute Gasteiger partial charge is 0.368 e. The van der Waals surface area contributed by atoms with Gasteiger partial charge in [0.1, 0.15) is 0 Å². The smallest absolute Gasteiger partial charge is 0.225 e. The van der Waals surface area contributed by atoms with Gasteiger partial charge < -0.3 is 15.1 Å². The topological polar surface area (TPSA) is 52.7 Å². The molecule has 1 aromatic rings. The fourth-order valence-electron chi connectivity index (χ4n) is 4.32. The summed E-state index contributed by atoms with van der Waals surface area (Å²) in [5.74, 6) is 1.12. The van der Waals surface area contributed by atoms with Crippen LogP contribution in [0.15, 0.2) is 24.3 Å². The first-order valence-electron chi connectivity index (χ1n) is 10.8. The number of piperazine rings is 1. The second-order valence-corrected chi connectivity index (χ2v) is 8.84. The van der Waals surface area contributed by atoms with E-state index in [1.165, 1.54) is 11.3 Å². The molecule has 1 saturated heterocycles. The standard InChI is InChI=1S/C23H35N3O2/c1-17(2)16-24-22(27)19-7-9-20(10-8-19)23(28)26-13-11-25(12-14-26)21-6-4-5-18(3)15-21/h4-6,15,17,19-20H,7-14,16H2,1-3H3,(H,24,27). The van der Waals surface area contributed by atoms with Gasteiger partial charge in [-0.05, 0) is 56.2 Å². The van der Waals surface area contributed by atoms with Crippen LogP contribution in [0.4, 0.5) is 5.69 Å². The summed E-state index contributed by atoms with van der Waals surface area (Å²) in [6.07, 6.45) is 3.36. The average Bonchev–Trinajstić information content (AvgIpc) is 2.71. The number of rotatable bonds is 5. The summed E-state index contributed by atoms with van der Waals surface area (Å²) in [7, 11) is 0. The Kier molecular flexibility index (Phi) is 6.97. The normalized spacial score (nSPS) is 23.0. The number of nitrogens with one attached hydrogen (secondary N) is 1. The first-order valence-corrected chi connectivity index (χ1v) is 10.8. The molecule has 3 rings (SSSR count). The summed E-state index contributed by atoms with van der Waals surface area (Å²) in [5.41, 5.74) is 2.52. The highest BCUT2D eigenvalue weighted by atomic mass is 16.2. The van der Waals surface area contributed by atoms with E-state index in [1.807, 2.05) is 4.90 Å². The van der Waals surface area contributed by atoms with Crippen molar-refractivity contribution in [3.63, 3.8) is 0 Å². The van der Waals surface area contributed by atoms with Crippen LogP contribution >= 0.6 is 0 Å². The van der Waals surface area contributed by atoms with E-state index in [0.29, 0.717) is 11.8 Å². The minimum atomic E-state index is 0.0842. The highest BCUT2D eigenvalue weighted by Crippen LogP contribution is 2.31. The molecule has 1 N–H and O–H groups in total. The Balaban J connectivity index is 1.44. The van der Waals surface area contributed by atoms with Crippen molar-refractivity contribution in [3.8, 4) is 0 Å². The first-order chi connectivity index (χ1) is 13.4. The van der Waals surface area contributed by atoms with Gasteiger partial charge in [0.05, 0.1) is 0 Å². The molecule has 1 heterocycles. The highest BCUT2D eigenvalue weighted by molar-refractivity contribution is 5.81. The second kappa shape index (κ2) is 9.44. The Labute approximate surface area is 169 Å². The van der Waals surface area contributed by atoms with E-state index in [-0.39, 0.29) is 17.7 Å². The predicted octanol–water partition coefficient (Wildman–Crippen LogP) is 3.22. The summed E-state index contributed by atoms with van der Waals surface area (Å²) in [6.45, 7) is 10.4. The van der Waals surface area contributed by atoms with Crippen LogP contribution in [0.25, 0.3) is 0 Å². The van der Waals surface area contributed by atoms with Crippen molar-refractivity contribution in [2.24, 2.45) is 17.8 Å². The number of aryl methyl sites for hydroxylation is 1. The zero-order chi connectivity index (χ0) is 20.1. The number of carbonyl (C=O) groups is 2. The number of hydrogen-bond donors (Lipinski definition) is 1. The number of carbonyl (C=O) groups excluding carboxylic acids is 2. The van der Waals surface area contributed by atoms with E-state index in [2.05, 4.69) is 55.3 Å². The van der Waals surface area contributed by atoms with Gasteiger partial charge >= 0.3 is 0 Å². The maximum absolute atomic E-state index is 12.9. The van der Waals surface area contributed by atoms with Crippen LogP contribution in [0, 0.1) is 24.7 Å². The van der Waals surface area contributed by atoms with Crippen molar-refractivity contribution in [2.45, 2.75) is 46.5 Å². The molecule has 1 aliphatic carbocycles. The molecule has 1 saturated carbocycles. The molecular formula is C23H35N3O2. The van der Waals surface area contributed by atoms with Crippen molar-refractivity contribution in [1.29, 1.82) is 0 Å². The van der Waals surface area contributed by atoms with Gasteiger partial charge in [-0.15, -0.1) is 0 Å². The zero-order valence-corrected chi connectivity index (χ0v) is 17.6. The van der Waals surface area contributed by atoms with Gasteiger partial charge in [-0.3, -0.25) is 9.59 Å². The number of anilines is 1. The Morgan fingerprint density at radius 2 is 1.68 bits per heavy atom. The highest BCUT2D eigenvalue weighted by Gasteiger charge is 2.33. The number of nitrogens with zero attached hydrogens (tertiary/aromatic N) is 2. The van der Waals surface area contributed by atoms with E-state index in [4.69, 9.17) is 0 Å². The van der Waals surface area contributed by atoms with Gasteiger partial charge in [0.25, 0.3) is 0 Å². The SMILES string of the molecule is Cc1cccc(N2CCN(C(=O)C3CCC(C(=O)NCC(C)C)CC3)CC2)c1. The van der Waals surface area contributed by atoms with E-state index in [1.54, 1.807) is 0 Å². The van der Waals surface area contributed by atoms with Gasteiger partial charge in [-0.25, -0.2) is 0 Å². The molecule has 0 unspecified atom stereocenters. The minimum Gasteiger partial charge on any atom is -0.368 e. The van der Waals surface area contributed by atoms with Crippen LogP contribution in [-0.2, 0) is 9.59 Å². The number of benzene rings is 1. The Bertz CT molecular complexity index is 672. The molecule has 0 aromatic heterocycles. The van der Waals surface area contributed by atoms with Gasteiger partial charge in [0, 0.05) is 50.2 Å². The molecule has 2 fully saturated rings. The molecule has 0 bridgehead atoms. The maximum Gasteiger partial charge on any atom is 0.225 e. The number of amides is 2. The summed E-state index contributed by atoms with van der Waals surface area (Å²) in [4.78, 5) is 29.6. The summed E-state index contributed by atoms with van der Waals surface area (Å²) in [6, 6.07) is 8.57. The van der Waals surface area contributed by atoms with E-state index in [0.717, 1.165) is 58.4 Å². The predicted molar refractivity (Wildman–Crippen MR) is 113 cm³/mol. The Hall–Kier alpha value is -2.04. The van der Waals surface area contributed by atoms with Gasteiger partial charge in [0.2, 0.25) is 11.8 Å². The van der Waals surface area contributed by atoms with Crippen molar-refractivity contribution >= 4 is 17.5 Å². The monoisotopic (exact) mass is 385 g/mol. The second-order valence-electron chi connectivity index (χ2n) is 8.84. The summed E-state index contributed by atoms with van der Waals surface area (Å²) in [5, 5.41) is 3.04.